The first kappa shape index (κ1) is 56.7. The Bertz CT molecular complexity index is 6780. The Morgan fingerprint density at radius 3 is 1.39 bits per heavy atom. The Hall–Kier alpha value is -12.6. The average Bonchev–Trinajstić information content (AvgIpc) is 1.57. The first-order valence-electron chi connectivity index (χ1n) is 33.6. The van der Waals surface area contributed by atoms with Gasteiger partial charge in [0.2, 0.25) is 0 Å². The maximum absolute atomic E-state index is 6.23. The van der Waals surface area contributed by atoms with E-state index in [9.17, 15) is 0 Å². The molecular formula is C91H56N6OS. The Labute approximate surface area is 572 Å². The fourth-order valence-electron chi connectivity index (χ4n) is 15.7. The fraction of sp³-hybridized carbons (Fsp3) is 0.0330. The van der Waals surface area contributed by atoms with Gasteiger partial charge in [0, 0.05) is 69.7 Å². The summed E-state index contributed by atoms with van der Waals surface area (Å²) in [6.45, 7) is 4.74. The summed E-state index contributed by atoms with van der Waals surface area (Å²) in [6.07, 6.45) is 0. The predicted octanol–water partition coefficient (Wildman–Crippen LogP) is 24.4. The van der Waals surface area contributed by atoms with E-state index < -0.39 is 0 Å². The third-order valence-corrected chi connectivity index (χ3v) is 21.5. The van der Waals surface area contributed by atoms with Crippen LogP contribution in [0.3, 0.4) is 0 Å². The van der Waals surface area contributed by atoms with Crippen LogP contribution < -0.4 is 0 Å². The molecule has 0 aliphatic heterocycles. The first-order valence-corrected chi connectivity index (χ1v) is 34.4. The molecule has 0 amide bonds. The topological polar surface area (TPSA) is 90.5 Å². The number of thiophene rings is 1. The van der Waals surface area contributed by atoms with Crippen molar-refractivity contribution in [2.75, 3.05) is 0 Å². The van der Waals surface area contributed by atoms with Crippen LogP contribution in [-0.4, -0.2) is 29.9 Å². The van der Waals surface area contributed by atoms with Crippen LogP contribution in [0.25, 0.3) is 197 Å². The van der Waals surface area contributed by atoms with Crippen molar-refractivity contribution in [1.82, 2.24) is 29.9 Å². The molecule has 0 fully saturated rings. The van der Waals surface area contributed by atoms with Crippen molar-refractivity contribution in [2.45, 2.75) is 19.3 Å². The molecule has 7 nitrogen and oxygen atoms in total. The highest BCUT2D eigenvalue weighted by Crippen LogP contribution is 2.55. The van der Waals surface area contributed by atoms with E-state index in [0.717, 1.165) is 71.5 Å². The van der Waals surface area contributed by atoms with E-state index >= 15 is 0 Å². The summed E-state index contributed by atoms with van der Waals surface area (Å²) in [7, 11) is 0. The molecule has 1 aliphatic rings. The molecule has 8 heteroatoms. The van der Waals surface area contributed by atoms with Crippen molar-refractivity contribution in [1.29, 1.82) is 0 Å². The minimum absolute atomic E-state index is 0.0869. The Morgan fingerprint density at radius 1 is 0.263 bits per heavy atom. The zero-order chi connectivity index (χ0) is 65.5. The number of aromatic nitrogens is 6. The van der Waals surface area contributed by atoms with Gasteiger partial charge in [-0.3, -0.25) is 0 Å². The SMILES string of the molecule is CC1(C)c2ccccc2-c2c1c1ccccc1c1c2ccc2cc(-c3nc(-c4ccccc4)nc(-c4ccc5ccccc5c4)n3)ccc21.c1ccc(-c2nc(-c3ccc4c(ccc5ccc6c(ccc7sc8ccccc8c76)c54)c3)nc(-c3ccc4c(c3)oc3ccccc34)n2)cc1. The molecule has 21 rings (SSSR count). The van der Waals surface area contributed by atoms with Gasteiger partial charge in [0.05, 0.1) is 0 Å². The summed E-state index contributed by atoms with van der Waals surface area (Å²) in [6, 6.07) is 107. The molecule has 0 unspecified atom stereocenters. The molecule has 462 valence electrons. The van der Waals surface area contributed by atoms with E-state index in [4.69, 9.17) is 34.3 Å². The molecule has 20 aromatic rings. The minimum atomic E-state index is -0.0869. The van der Waals surface area contributed by atoms with Gasteiger partial charge >= 0.3 is 0 Å². The second kappa shape index (κ2) is 22.2. The molecular weight excluding hydrogens is 1230 g/mol. The normalized spacial score (nSPS) is 12.6. The van der Waals surface area contributed by atoms with Crippen molar-refractivity contribution in [3.05, 3.63) is 314 Å². The maximum atomic E-state index is 6.23. The van der Waals surface area contributed by atoms with E-state index in [1.807, 2.05) is 84.1 Å². The van der Waals surface area contributed by atoms with Gasteiger partial charge in [-0.2, -0.15) is 0 Å². The van der Waals surface area contributed by atoms with Gasteiger partial charge < -0.3 is 4.42 Å². The van der Waals surface area contributed by atoms with Crippen LogP contribution in [0.5, 0.6) is 0 Å². The molecule has 0 bridgehead atoms. The third kappa shape index (κ3) is 9.17. The van der Waals surface area contributed by atoms with Crippen molar-refractivity contribution >= 4 is 129 Å². The van der Waals surface area contributed by atoms with E-state index in [1.165, 1.54) is 102 Å². The smallest absolute Gasteiger partial charge is 0.164 e. The molecule has 0 atom stereocenters. The molecule has 1 aliphatic carbocycles. The maximum Gasteiger partial charge on any atom is 0.164 e. The molecule has 4 aromatic heterocycles. The summed E-state index contributed by atoms with van der Waals surface area (Å²) in [5.74, 6) is 3.85. The van der Waals surface area contributed by atoms with E-state index in [1.54, 1.807) is 0 Å². The Kier molecular flexibility index (Phi) is 12.7. The lowest BCUT2D eigenvalue weighted by Gasteiger charge is -2.24. The van der Waals surface area contributed by atoms with Crippen LogP contribution in [0.2, 0.25) is 0 Å². The summed E-state index contributed by atoms with van der Waals surface area (Å²) < 4.78 is 8.87. The van der Waals surface area contributed by atoms with Crippen LogP contribution in [0.1, 0.15) is 25.0 Å². The van der Waals surface area contributed by atoms with Crippen molar-refractivity contribution in [3.8, 4) is 79.5 Å². The molecule has 0 N–H and O–H groups in total. The number of rotatable bonds is 6. The molecule has 0 radical (unpaired) electrons. The number of benzene rings is 16. The molecule has 0 saturated heterocycles. The zero-order valence-corrected chi connectivity index (χ0v) is 54.7. The van der Waals surface area contributed by atoms with Crippen LogP contribution in [0.15, 0.2) is 308 Å². The number of furan rings is 1. The Morgan fingerprint density at radius 2 is 0.697 bits per heavy atom. The second-order valence-electron chi connectivity index (χ2n) is 26.4. The Balaban J connectivity index is 0.000000134. The number of nitrogens with zero attached hydrogens (tertiary/aromatic N) is 6. The predicted molar refractivity (Wildman–Crippen MR) is 413 cm³/mol. The highest BCUT2D eigenvalue weighted by molar-refractivity contribution is 7.26. The molecule has 0 saturated carbocycles. The highest BCUT2D eigenvalue weighted by atomic mass is 32.1. The summed E-state index contributed by atoms with van der Waals surface area (Å²) in [5, 5.41) is 22.2. The molecule has 16 aromatic carbocycles. The lowest BCUT2D eigenvalue weighted by Crippen LogP contribution is -2.15. The number of fused-ring (bicyclic) bond motifs is 23. The van der Waals surface area contributed by atoms with Crippen molar-refractivity contribution in [2.24, 2.45) is 0 Å². The van der Waals surface area contributed by atoms with Crippen LogP contribution in [0, 0.1) is 0 Å². The zero-order valence-electron chi connectivity index (χ0n) is 53.9. The largest absolute Gasteiger partial charge is 0.456 e. The van der Waals surface area contributed by atoms with Gasteiger partial charge in [-0.1, -0.05) is 269 Å². The average molecular weight is 1280 g/mol. The van der Waals surface area contributed by atoms with E-state index in [2.05, 4.69) is 244 Å². The van der Waals surface area contributed by atoms with Crippen LogP contribution in [0.4, 0.5) is 0 Å². The second-order valence-corrected chi connectivity index (χ2v) is 27.5. The van der Waals surface area contributed by atoms with Crippen molar-refractivity contribution in [3.63, 3.8) is 0 Å². The van der Waals surface area contributed by atoms with Gasteiger partial charge in [-0.05, 0) is 146 Å². The van der Waals surface area contributed by atoms with Gasteiger partial charge in [0.25, 0.3) is 0 Å². The first-order chi connectivity index (χ1) is 48.8. The summed E-state index contributed by atoms with van der Waals surface area (Å²) in [4.78, 5) is 30.2. The fourth-order valence-corrected chi connectivity index (χ4v) is 16.8. The lowest BCUT2D eigenvalue weighted by atomic mass is 9.79. The monoisotopic (exact) mass is 1280 g/mol. The molecule has 0 spiro atoms. The van der Waals surface area contributed by atoms with E-state index in [-0.39, 0.29) is 5.41 Å². The van der Waals surface area contributed by atoms with Gasteiger partial charge in [-0.15, -0.1) is 11.3 Å². The van der Waals surface area contributed by atoms with E-state index in [0.29, 0.717) is 34.9 Å². The lowest BCUT2D eigenvalue weighted by molar-refractivity contribution is 0.666. The number of hydrogen-bond donors (Lipinski definition) is 0. The van der Waals surface area contributed by atoms with Gasteiger partial charge in [-0.25, -0.2) is 29.9 Å². The summed E-state index contributed by atoms with van der Waals surface area (Å²) in [5.41, 5.74) is 12.8. The molecule has 99 heavy (non-hydrogen) atoms. The van der Waals surface area contributed by atoms with Crippen LogP contribution in [-0.2, 0) is 5.41 Å². The van der Waals surface area contributed by atoms with Gasteiger partial charge in [0.1, 0.15) is 11.2 Å². The highest BCUT2D eigenvalue weighted by Gasteiger charge is 2.38. The number of hydrogen-bond acceptors (Lipinski definition) is 8. The summed E-state index contributed by atoms with van der Waals surface area (Å²) >= 11 is 1.86. The quantitative estimate of drug-likeness (QED) is 0.153. The minimum Gasteiger partial charge on any atom is -0.456 e. The third-order valence-electron chi connectivity index (χ3n) is 20.3. The standard InChI is InChI=1S/C46H31N3.C45H25N3OS/c1-46(2)39-19-11-10-18-37(39)41-38-25-22-31-27-33(23-24-34(31)40(38)35-16-8-9-17-36(35)42(41)46)45-48-43(29-13-4-3-5-14-29)47-44(49-45)32-21-20-28-12-6-7-15-30(28)26-32;1-2-8-27(9-3-1)43-46-44(48-45(47-43)30-18-20-33-32-10-4-6-12-37(32)49-38(33)25-30)29-17-19-31-28(24-29)15-14-26-16-21-35-34(41(26)31)22-23-40-42(35)36-11-5-7-13-39(36)50-40/h3-27H,1-2H3;1-25H. The van der Waals surface area contributed by atoms with Crippen LogP contribution >= 0.6 is 11.3 Å². The van der Waals surface area contributed by atoms with Gasteiger partial charge in [0.15, 0.2) is 34.9 Å². The number of para-hydroxylation sites is 1. The molecule has 4 heterocycles. The van der Waals surface area contributed by atoms with Crippen molar-refractivity contribution < 1.29 is 4.42 Å².